The minimum Gasteiger partial charge on any atom is -0.493 e. The Morgan fingerprint density at radius 3 is 2.14 bits per heavy atom. The van der Waals surface area contributed by atoms with Gasteiger partial charge in [-0.05, 0) is 36.2 Å². The maximum Gasteiger partial charge on any atom is 0.180 e. The van der Waals surface area contributed by atoms with Gasteiger partial charge < -0.3 is 14.4 Å². The maximum atomic E-state index is 14.4. The zero-order valence-electron chi connectivity index (χ0n) is 20.2. The smallest absolute Gasteiger partial charge is 0.180 e. The lowest BCUT2D eigenvalue weighted by Gasteiger charge is -2.37. The van der Waals surface area contributed by atoms with E-state index < -0.39 is 23.4 Å². The maximum absolute atomic E-state index is 14.4. The van der Waals surface area contributed by atoms with Crippen LogP contribution in [0.15, 0.2) is 72.8 Å². The van der Waals surface area contributed by atoms with Crippen LogP contribution in [0.5, 0.6) is 11.5 Å². The van der Waals surface area contributed by atoms with Crippen molar-refractivity contribution in [3.8, 4) is 11.5 Å². The first kappa shape index (κ1) is 22.3. The predicted molar refractivity (Wildman–Crippen MR) is 136 cm³/mol. The molecule has 3 aliphatic rings. The predicted octanol–water partition coefficient (Wildman–Crippen LogP) is 4.73. The molecule has 180 valence electrons. The number of rotatable bonds is 4. The Balaban J connectivity index is 1.68. The van der Waals surface area contributed by atoms with Crippen LogP contribution in [-0.2, 0) is 4.79 Å². The molecule has 0 N–H and O–H groups in total. The molecule has 36 heavy (non-hydrogen) atoms. The summed E-state index contributed by atoms with van der Waals surface area (Å²) in [7, 11) is 3.09. The Bertz CT molecular complexity index is 1440. The number of ketones is 3. The number of ether oxygens (including phenoxy) is 2. The van der Waals surface area contributed by atoms with E-state index in [0.717, 1.165) is 11.3 Å². The Kier molecular flexibility index (Phi) is 4.90. The summed E-state index contributed by atoms with van der Waals surface area (Å²) in [5.41, 5.74) is 1.78. The van der Waals surface area contributed by atoms with Crippen LogP contribution in [0.3, 0.4) is 0 Å². The first-order chi connectivity index (χ1) is 17.4. The van der Waals surface area contributed by atoms with E-state index in [1.807, 2.05) is 47.4 Å². The fourth-order valence-electron chi connectivity index (χ4n) is 6.49. The number of hydrogen-bond donors (Lipinski definition) is 0. The Labute approximate surface area is 209 Å². The minimum atomic E-state index is -1.50. The second-order valence-corrected chi connectivity index (χ2v) is 9.49. The molecule has 3 aromatic carbocycles. The number of anilines is 1. The molecule has 0 amide bonds. The number of para-hydroxylation sites is 1. The lowest BCUT2D eigenvalue weighted by Crippen LogP contribution is -2.48. The van der Waals surface area contributed by atoms with Crippen LogP contribution in [-0.4, -0.2) is 43.7 Å². The highest BCUT2D eigenvalue weighted by molar-refractivity contribution is 6.32. The summed E-state index contributed by atoms with van der Waals surface area (Å²) < 4.78 is 11.0. The zero-order valence-corrected chi connectivity index (χ0v) is 20.2. The SMILES string of the molecule is COc1ccc([C@H]2[C@H](C(C)=O)N3c4ccccc4C=CC3C23C(=O)c2ccccc2C3=O)cc1OC. The van der Waals surface area contributed by atoms with Crippen LogP contribution in [0.1, 0.15) is 44.7 Å². The van der Waals surface area contributed by atoms with Gasteiger partial charge >= 0.3 is 0 Å². The van der Waals surface area contributed by atoms with Gasteiger partial charge in [0.25, 0.3) is 0 Å². The van der Waals surface area contributed by atoms with Crippen molar-refractivity contribution in [2.75, 3.05) is 19.1 Å². The van der Waals surface area contributed by atoms with Crippen molar-refractivity contribution < 1.29 is 23.9 Å². The average Bonchev–Trinajstić information content (AvgIpc) is 3.35. The van der Waals surface area contributed by atoms with E-state index >= 15 is 0 Å². The number of Topliss-reactive ketones (excluding diaryl/α,β-unsaturated/α-hetero) is 3. The second-order valence-electron chi connectivity index (χ2n) is 9.49. The number of hydrogen-bond acceptors (Lipinski definition) is 6. The van der Waals surface area contributed by atoms with Crippen molar-refractivity contribution in [1.82, 2.24) is 0 Å². The lowest BCUT2D eigenvalue weighted by molar-refractivity contribution is -0.118. The Morgan fingerprint density at radius 1 is 0.861 bits per heavy atom. The van der Waals surface area contributed by atoms with Gasteiger partial charge in [0.15, 0.2) is 28.8 Å². The van der Waals surface area contributed by atoms with Crippen molar-refractivity contribution in [3.63, 3.8) is 0 Å². The number of carbonyl (C=O) groups is 3. The molecule has 1 spiro atoms. The monoisotopic (exact) mass is 479 g/mol. The third kappa shape index (κ3) is 2.70. The second kappa shape index (κ2) is 7.92. The van der Waals surface area contributed by atoms with E-state index in [2.05, 4.69) is 0 Å². The lowest BCUT2D eigenvalue weighted by atomic mass is 9.64. The summed E-state index contributed by atoms with van der Waals surface area (Å²) in [4.78, 5) is 44.2. The molecule has 6 rings (SSSR count). The Hall–Kier alpha value is -4.19. The van der Waals surface area contributed by atoms with E-state index in [1.54, 1.807) is 50.6 Å². The fraction of sp³-hybridized carbons (Fsp3) is 0.233. The first-order valence-electron chi connectivity index (χ1n) is 11.9. The van der Waals surface area contributed by atoms with Crippen molar-refractivity contribution in [2.45, 2.75) is 24.9 Å². The van der Waals surface area contributed by atoms with Crippen LogP contribution < -0.4 is 14.4 Å². The number of methoxy groups -OCH3 is 2. The third-order valence-corrected chi connectivity index (χ3v) is 7.90. The summed E-state index contributed by atoms with van der Waals surface area (Å²) in [6, 6.07) is 18.8. The highest BCUT2D eigenvalue weighted by Gasteiger charge is 2.71. The van der Waals surface area contributed by atoms with E-state index in [0.29, 0.717) is 28.2 Å². The van der Waals surface area contributed by atoms with Crippen LogP contribution in [0, 0.1) is 5.41 Å². The van der Waals surface area contributed by atoms with Gasteiger partial charge in [-0.25, -0.2) is 0 Å². The van der Waals surface area contributed by atoms with E-state index in [9.17, 15) is 14.4 Å². The molecular weight excluding hydrogens is 454 g/mol. The van der Waals surface area contributed by atoms with Gasteiger partial charge in [-0.15, -0.1) is 0 Å². The van der Waals surface area contributed by atoms with Crippen molar-refractivity contribution in [3.05, 3.63) is 95.1 Å². The molecule has 1 unspecified atom stereocenters. The third-order valence-electron chi connectivity index (χ3n) is 7.90. The highest BCUT2D eigenvalue weighted by Crippen LogP contribution is 2.61. The molecule has 3 aromatic rings. The quantitative estimate of drug-likeness (QED) is 0.504. The molecule has 1 fully saturated rings. The van der Waals surface area contributed by atoms with Gasteiger partial charge in [0.2, 0.25) is 0 Å². The van der Waals surface area contributed by atoms with E-state index in [-0.39, 0.29) is 17.3 Å². The van der Waals surface area contributed by atoms with Gasteiger partial charge in [-0.3, -0.25) is 14.4 Å². The number of fused-ring (bicyclic) bond motifs is 5. The van der Waals surface area contributed by atoms with Gasteiger partial charge in [0.1, 0.15) is 5.41 Å². The molecule has 0 aromatic heterocycles. The normalized spacial score (nSPS) is 22.9. The molecule has 2 aliphatic heterocycles. The van der Waals surface area contributed by atoms with Crippen molar-refractivity contribution in [2.24, 2.45) is 5.41 Å². The van der Waals surface area contributed by atoms with Crippen molar-refractivity contribution in [1.29, 1.82) is 0 Å². The topological polar surface area (TPSA) is 72.9 Å². The van der Waals surface area contributed by atoms with Gasteiger partial charge in [-0.1, -0.05) is 60.7 Å². The van der Waals surface area contributed by atoms with Crippen LogP contribution >= 0.6 is 0 Å². The minimum absolute atomic E-state index is 0.113. The first-order valence-corrected chi connectivity index (χ1v) is 11.9. The Morgan fingerprint density at radius 2 is 1.50 bits per heavy atom. The number of benzene rings is 3. The number of nitrogens with zero attached hydrogens (tertiary/aromatic N) is 1. The molecule has 6 heteroatoms. The number of carbonyl (C=O) groups excluding carboxylic acids is 3. The largest absolute Gasteiger partial charge is 0.493 e. The van der Waals surface area contributed by atoms with Crippen LogP contribution in [0.25, 0.3) is 6.08 Å². The van der Waals surface area contributed by atoms with Gasteiger partial charge in [0.05, 0.1) is 26.3 Å². The van der Waals surface area contributed by atoms with Gasteiger partial charge in [-0.2, -0.15) is 0 Å². The average molecular weight is 480 g/mol. The molecule has 1 aliphatic carbocycles. The van der Waals surface area contributed by atoms with E-state index in [1.165, 1.54) is 6.92 Å². The summed E-state index contributed by atoms with van der Waals surface area (Å²) >= 11 is 0. The summed E-state index contributed by atoms with van der Waals surface area (Å²) in [5.74, 6) is -0.329. The molecule has 2 heterocycles. The molecular formula is C30H25NO5. The summed E-state index contributed by atoms with van der Waals surface area (Å²) in [5, 5.41) is 0. The molecule has 0 radical (unpaired) electrons. The zero-order chi connectivity index (χ0) is 25.2. The summed E-state index contributed by atoms with van der Waals surface area (Å²) in [6.07, 6.45) is 3.87. The van der Waals surface area contributed by atoms with Crippen LogP contribution in [0.4, 0.5) is 5.69 Å². The highest BCUT2D eigenvalue weighted by atomic mass is 16.5. The van der Waals surface area contributed by atoms with Gasteiger partial charge in [0, 0.05) is 22.7 Å². The fourth-order valence-corrected chi connectivity index (χ4v) is 6.49. The molecule has 1 saturated heterocycles. The molecule has 3 atom stereocenters. The molecule has 0 saturated carbocycles. The standard InChI is InChI=1S/C30H25NO5/c1-17(32)27-26(19-12-14-23(35-2)24(16-19)36-3)30(28(33)20-9-5-6-10-21(20)29(30)34)25-15-13-18-8-4-7-11-22(18)31(25)27/h4-16,25-27H,1-3H3/t25?,26-,27-/m0/s1. The van der Waals surface area contributed by atoms with Crippen LogP contribution in [0.2, 0.25) is 0 Å². The van der Waals surface area contributed by atoms with E-state index in [4.69, 9.17) is 9.47 Å². The molecule has 6 nitrogen and oxygen atoms in total. The summed E-state index contributed by atoms with van der Waals surface area (Å²) in [6.45, 7) is 1.53. The molecule has 0 bridgehead atoms. The van der Waals surface area contributed by atoms with Crippen molar-refractivity contribution >= 4 is 29.1 Å².